The Morgan fingerprint density at radius 1 is 1.00 bits per heavy atom. The number of nitrogens with zero attached hydrogens (tertiary/aromatic N) is 3. The third kappa shape index (κ3) is 3.43. The van der Waals surface area contributed by atoms with Crippen LogP contribution in [0.4, 0.5) is 17.6 Å². The predicted molar refractivity (Wildman–Crippen MR) is 106 cm³/mol. The molecular formula is C23H15F4N3O. The van der Waals surface area contributed by atoms with E-state index in [0.29, 0.717) is 5.56 Å². The molecule has 0 atom stereocenters. The molecule has 0 unspecified atom stereocenters. The highest BCUT2D eigenvalue weighted by atomic mass is 19.1. The number of halogens is 4. The van der Waals surface area contributed by atoms with E-state index in [4.69, 9.17) is 0 Å². The summed E-state index contributed by atoms with van der Waals surface area (Å²) in [6, 6.07) is 9.91. The van der Waals surface area contributed by atoms with Crippen LogP contribution in [0.25, 0.3) is 28.0 Å². The standard InChI is InChI=1S/C23H15F4N3O/c1-23(2,31)17-9-20(26)30-19(11-29-22(30)21(17)27)12-3-6-18(25)16(8-12)15-5-4-14(24)7-13(15)10-28/h3-9,11,31H,1-2H3. The van der Waals surface area contributed by atoms with Gasteiger partial charge in [0.05, 0.1) is 29.1 Å². The van der Waals surface area contributed by atoms with Crippen LogP contribution < -0.4 is 0 Å². The van der Waals surface area contributed by atoms with Gasteiger partial charge in [-0.25, -0.2) is 18.2 Å². The smallest absolute Gasteiger partial charge is 0.200 e. The van der Waals surface area contributed by atoms with Gasteiger partial charge in [0.15, 0.2) is 17.4 Å². The van der Waals surface area contributed by atoms with E-state index in [-0.39, 0.29) is 33.6 Å². The van der Waals surface area contributed by atoms with Crippen LogP contribution in [-0.4, -0.2) is 14.5 Å². The van der Waals surface area contributed by atoms with Gasteiger partial charge >= 0.3 is 0 Å². The van der Waals surface area contributed by atoms with Gasteiger partial charge in [-0.2, -0.15) is 9.65 Å². The number of aliphatic hydroxyl groups is 1. The molecule has 0 aliphatic heterocycles. The minimum absolute atomic E-state index is 0.00186. The normalized spacial score (nSPS) is 11.7. The minimum atomic E-state index is -1.63. The van der Waals surface area contributed by atoms with Crippen molar-refractivity contribution in [1.82, 2.24) is 9.38 Å². The van der Waals surface area contributed by atoms with Crippen LogP contribution in [0.1, 0.15) is 25.0 Å². The molecule has 0 aliphatic rings. The molecule has 0 saturated carbocycles. The number of imidazole rings is 1. The number of rotatable bonds is 3. The molecule has 0 radical (unpaired) electrons. The van der Waals surface area contributed by atoms with Crippen LogP contribution in [0.2, 0.25) is 0 Å². The van der Waals surface area contributed by atoms with E-state index in [0.717, 1.165) is 28.7 Å². The Morgan fingerprint density at radius 2 is 1.74 bits per heavy atom. The van der Waals surface area contributed by atoms with Crippen molar-refractivity contribution in [3.05, 3.63) is 83.2 Å². The average molecular weight is 425 g/mol. The number of hydrogen-bond donors (Lipinski definition) is 1. The lowest BCUT2D eigenvalue weighted by Gasteiger charge is -2.19. The lowest BCUT2D eigenvalue weighted by atomic mass is 9.97. The summed E-state index contributed by atoms with van der Waals surface area (Å²) in [4.78, 5) is 3.94. The Morgan fingerprint density at radius 3 is 2.42 bits per heavy atom. The zero-order valence-electron chi connectivity index (χ0n) is 16.4. The molecule has 0 aliphatic carbocycles. The first-order valence-electron chi connectivity index (χ1n) is 9.20. The van der Waals surface area contributed by atoms with Crippen molar-refractivity contribution >= 4 is 5.65 Å². The summed E-state index contributed by atoms with van der Waals surface area (Å²) < 4.78 is 58.7. The van der Waals surface area contributed by atoms with Crippen LogP contribution in [0.5, 0.6) is 0 Å². The van der Waals surface area contributed by atoms with Crippen molar-refractivity contribution in [3.8, 4) is 28.5 Å². The summed E-state index contributed by atoms with van der Waals surface area (Å²) >= 11 is 0. The molecule has 2 heterocycles. The average Bonchev–Trinajstić information content (AvgIpc) is 3.16. The Balaban J connectivity index is 1.94. The molecule has 0 fully saturated rings. The molecule has 2 aromatic carbocycles. The highest BCUT2D eigenvalue weighted by Gasteiger charge is 2.26. The maximum absolute atomic E-state index is 14.9. The Bertz CT molecular complexity index is 1380. The SMILES string of the molecule is CC(C)(O)c1cc(F)n2c(-c3ccc(F)c(-c4ccc(F)cc4C#N)c3)cnc2c1F. The maximum Gasteiger partial charge on any atom is 0.200 e. The van der Waals surface area contributed by atoms with Crippen LogP contribution in [0.3, 0.4) is 0 Å². The number of hydrogen-bond acceptors (Lipinski definition) is 3. The Hall–Kier alpha value is -3.70. The molecule has 0 bridgehead atoms. The minimum Gasteiger partial charge on any atom is -0.386 e. The second kappa shape index (κ2) is 7.22. The van der Waals surface area contributed by atoms with Gasteiger partial charge < -0.3 is 5.11 Å². The van der Waals surface area contributed by atoms with E-state index in [2.05, 4.69) is 4.98 Å². The lowest BCUT2D eigenvalue weighted by molar-refractivity contribution is 0.0741. The van der Waals surface area contributed by atoms with Crippen molar-refractivity contribution in [3.63, 3.8) is 0 Å². The lowest BCUT2D eigenvalue weighted by Crippen LogP contribution is -2.19. The van der Waals surface area contributed by atoms with Crippen molar-refractivity contribution in [1.29, 1.82) is 5.26 Å². The first-order valence-corrected chi connectivity index (χ1v) is 9.20. The molecule has 4 rings (SSSR count). The fourth-order valence-electron chi connectivity index (χ4n) is 3.47. The molecule has 4 aromatic rings. The molecular weight excluding hydrogens is 410 g/mol. The first-order chi connectivity index (χ1) is 14.6. The zero-order valence-corrected chi connectivity index (χ0v) is 16.4. The molecule has 156 valence electrons. The quantitative estimate of drug-likeness (QED) is 0.357. The topological polar surface area (TPSA) is 61.3 Å². The summed E-state index contributed by atoms with van der Waals surface area (Å²) in [5, 5.41) is 19.4. The van der Waals surface area contributed by atoms with Crippen molar-refractivity contribution in [2.45, 2.75) is 19.4 Å². The van der Waals surface area contributed by atoms with Gasteiger partial charge in [-0.05, 0) is 44.2 Å². The maximum atomic E-state index is 14.9. The summed E-state index contributed by atoms with van der Waals surface area (Å²) in [7, 11) is 0. The summed E-state index contributed by atoms with van der Waals surface area (Å²) in [6.07, 6.45) is 1.22. The second-order valence-corrected chi connectivity index (χ2v) is 7.55. The van der Waals surface area contributed by atoms with E-state index >= 15 is 0 Å². The van der Waals surface area contributed by atoms with Crippen molar-refractivity contribution < 1.29 is 22.7 Å². The molecule has 0 spiro atoms. The van der Waals surface area contributed by atoms with E-state index < -0.39 is 29.0 Å². The summed E-state index contributed by atoms with van der Waals surface area (Å²) in [6.45, 7) is 2.65. The van der Waals surface area contributed by atoms with Crippen LogP contribution >= 0.6 is 0 Å². The van der Waals surface area contributed by atoms with Gasteiger partial charge in [0.2, 0.25) is 0 Å². The highest BCUT2D eigenvalue weighted by molar-refractivity contribution is 5.76. The first kappa shape index (κ1) is 20.6. The number of aromatic nitrogens is 2. The third-order valence-corrected chi connectivity index (χ3v) is 4.99. The molecule has 4 nitrogen and oxygen atoms in total. The number of benzene rings is 2. The van der Waals surface area contributed by atoms with Gasteiger partial charge in [-0.15, -0.1) is 0 Å². The predicted octanol–water partition coefficient (Wildman–Crippen LogP) is 5.32. The molecule has 8 heteroatoms. The fraction of sp³-hybridized carbons (Fsp3) is 0.130. The molecule has 2 aromatic heterocycles. The highest BCUT2D eigenvalue weighted by Crippen LogP contribution is 2.34. The fourth-order valence-corrected chi connectivity index (χ4v) is 3.47. The van der Waals surface area contributed by atoms with E-state index in [1.165, 1.54) is 38.2 Å². The number of nitriles is 1. The summed E-state index contributed by atoms with van der Waals surface area (Å²) in [5.41, 5.74) is -1.69. The third-order valence-electron chi connectivity index (χ3n) is 4.99. The summed E-state index contributed by atoms with van der Waals surface area (Å²) in [5.74, 6) is -3.06. The van der Waals surface area contributed by atoms with Crippen LogP contribution in [0.15, 0.2) is 48.7 Å². The molecule has 1 N–H and O–H groups in total. The van der Waals surface area contributed by atoms with Gasteiger partial charge in [0.25, 0.3) is 0 Å². The number of pyridine rings is 1. The van der Waals surface area contributed by atoms with Crippen molar-refractivity contribution in [2.24, 2.45) is 0 Å². The Kier molecular flexibility index (Phi) is 4.79. The zero-order chi connectivity index (χ0) is 22.5. The number of fused-ring (bicyclic) bond motifs is 1. The van der Waals surface area contributed by atoms with Gasteiger partial charge in [-0.1, -0.05) is 6.07 Å². The van der Waals surface area contributed by atoms with Crippen LogP contribution in [-0.2, 0) is 5.60 Å². The van der Waals surface area contributed by atoms with E-state index in [9.17, 15) is 27.9 Å². The van der Waals surface area contributed by atoms with Gasteiger partial charge in [-0.3, -0.25) is 4.40 Å². The molecule has 0 saturated heterocycles. The molecule has 0 amide bonds. The Labute approximate surface area is 174 Å². The van der Waals surface area contributed by atoms with Crippen molar-refractivity contribution in [2.75, 3.05) is 0 Å². The van der Waals surface area contributed by atoms with Crippen LogP contribution in [0, 0.1) is 34.7 Å². The van der Waals surface area contributed by atoms with E-state index in [1.807, 2.05) is 6.07 Å². The van der Waals surface area contributed by atoms with Gasteiger partial charge in [0.1, 0.15) is 11.6 Å². The van der Waals surface area contributed by atoms with E-state index in [1.54, 1.807) is 0 Å². The molecule has 31 heavy (non-hydrogen) atoms. The van der Waals surface area contributed by atoms with Gasteiger partial charge in [0, 0.05) is 28.3 Å². The second-order valence-electron chi connectivity index (χ2n) is 7.55. The largest absolute Gasteiger partial charge is 0.386 e. The monoisotopic (exact) mass is 425 g/mol.